The maximum absolute atomic E-state index is 6.25. The van der Waals surface area contributed by atoms with Gasteiger partial charge in [0, 0.05) is 21.3 Å². The number of fused-ring (bicyclic) bond motifs is 1. The van der Waals surface area contributed by atoms with Gasteiger partial charge in [-0.1, -0.05) is 59.6 Å². The summed E-state index contributed by atoms with van der Waals surface area (Å²) >= 11 is 12.3. The predicted molar refractivity (Wildman–Crippen MR) is 130 cm³/mol. The van der Waals surface area contributed by atoms with Crippen LogP contribution in [0.2, 0.25) is 10.0 Å². The average molecular weight is 479 g/mol. The molecule has 0 aliphatic carbocycles. The molecule has 5 rings (SSSR count). The first-order valence-electron chi connectivity index (χ1n) is 10.3. The second kappa shape index (κ2) is 9.17. The number of anilines is 1. The van der Waals surface area contributed by atoms with Gasteiger partial charge in [-0.25, -0.2) is 4.68 Å². The summed E-state index contributed by atoms with van der Waals surface area (Å²) in [5.74, 6) is 1.92. The van der Waals surface area contributed by atoms with Crippen LogP contribution in [-0.4, -0.2) is 21.9 Å². The van der Waals surface area contributed by atoms with E-state index in [-0.39, 0.29) is 6.04 Å². The van der Waals surface area contributed by atoms with E-state index in [0.29, 0.717) is 34.1 Å². The van der Waals surface area contributed by atoms with Crippen LogP contribution in [0.5, 0.6) is 11.5 Å². The van der Waals surface area contributed by atoms with Gasteiger partial charge in [-0.2, -0.15) is 10.1 Å². The zero-order valence-electron chi connectivity index (χ0n) is 17.7. The molecule has 8 heteroatoms. The van der Waals surface area contributed by atoms with Crippen LogP contribution in [0, 0.1) is 0 Å². The third kappa shape index (κ3) is 4.40. The molecule has 1 aliphatic heterocycles. The number of methoxy groups -OCH3 is 1. The molecule has 4 aromatic rings. The Morgan fingerprint density at radius 1 is 1.00 bits per heavy atom. The van der Waals surface area contributed by atoms with Crippen LogP contribution >= 0.6 is 23.2 Å². The summed E-state index contributed by atoms with van der Waals surface area (Å²) in [6.45, 7) is 0.344. The average Bonchev–Trinajstić information content (AvgIpc) is 3.32. The number of nitrogens with one attached hydrogen (secondary N) is 1. The fraction of sp³-hybridized carbons (Fsp3) is 0.120. The molecule has 0 spiro atoms. The zero-order chi connectivity index (χ0) is 22.8. The lowest BCUT2D eigenvalue weighted by molar-refractivity contribution is 0.284. The smallest absolute Gasteiger partial charge is 0.226 e. The monoisotopic (exact) mass is 478 g/mol. The molecule has 1 atom stereocenters. The molecular formula is C25H20Cl2N4O2. The van der Waals surface area contributed by atoms with E-state index in [0.717, 1.165) is 22.4 Å². The summed E-state index contributed by atoms with van der Waals surface area (Å²) < 4.78 is 13.5. The van der Waals surface area contributed by atoms with E-state index in [1.807, 2.05) is 71.4 Å². The fourth-order valence-corrected chi connectivity index (χ4v) is 4.04. The normalized spacial score (nSPS) is 14.8. The molecule has 0 unspecified atom stereocenters. The van der Waals surface area contributed by atoms with Crippen LogP contribution in [0.3, 0.4) is 0 Å². The Bertz CT molecular complexity index is 1320. The van der Waals surface area contributed by atoms with Crippen molar-refractivity contribution in [1.29, 1.82) is 0 Å². The van der Waals surface area contributed by atoms with E-state index in [1.165, 1.54) is 6.33 Å². The van der Waals surface area contributed by atoms with Crippen LogP contribution in [0.4, 0.5) is 5.95 Å². The van der Waals surface area contributed by atoms with Gasteiger partial charge in [0.05, 0.1) is 7.11 Å². The van der Waals surface area contributed by atoms with Crippen LogP contribution in [0.25, 0.3) is 5.70 Å². The highest BCUT2D eigenvalue weighted by Gasteiger charge is 2.24. The van der Waals surface area contributed by atoms with E-state index >= 15 is 0 Å². The SMILES string of the molecule is COc1cc([C@@H]2C=C(c3ccc(Cl)cc3)Nc3ncnn32)ccc1OCc1ccccc1Cl. The van der Waals surface area contributed by atoms with Crippen molar-refractivity contribution in [3.63, 3.8) is 0 Å². The number of benzene rings is 3. The van der Waals surface area contributed by atoms with Crippen molar-refractivity contribution in [2.45, 2.75) is 12.6 Å². The Hall–Kier alpha value is -3.48. The lowest BCUT2D eigenvalue weighted by Crippen LogP contribution is -2.20. The highest BCUT2D eigenvalue weighted by Crippen LogP contribution is 2.37. The first-order valence-corrected chi connectivity index (χ1v) is 11.1. The molecule has 1 aromatic heterocycles. The standard InChI is InChI=1S/C25H20Cl2N4O2/c1-32-24-12-17(8-11-23(24)33-14-18-4-2-3-5-20(18)27)22-13-21(16-6-9-19(26)10-7-16)30-25-28-15-29-31(22)25/h2-13,15,22H,14H2,1H3,(H,28,29,30)/t22-/m0/s1. The zero-order valence-corrected chi connectivity index (χ0v) is 19.2. The maximum atomic E-state index is 6.25. The lowest BCUT2D eigenvalue weighted by Gasteiger charge is -2.25. The minimum atomic E-state index is -0.180. The fourth-order valence-electron chi connectivity index (χ4n) is 3.73. The second-order valence-corrected chi connectivity index (χ2v) is 8.32. The molecule has 33 heavy (non-hydrogen) atoms. The van der Waals surface area contributed by atoms with Crippen molar-refractivity contribution in [3.8, 4) is 11.5 Å². The van der Waals surface area contributed by atoms with Gasteiger partial charge in [-0.3, -0.25) is 0 Å². The van der Waals surface area contributed by atoms with Gasteiger partial charge in [0.15, 0.2) is 11.5 Å². The van der Waals surface area contributed by atoms with Gasteiger partial charge in [-0.15, -0.1) is 0 Å². The molecule has 0 fully saturated rings. The number of ether oxygens (including phenoxy) is 2. The van der Waals surface area contributed by atoms with E-state index in [9.17, 15) is 0 Å². The van der Waals surface area contributed by atoms with Crippen molar-refractivity contribution >= 4 is 34.8 Å². The van der Waals surface area contributed by atoms with E-state index in [4.69, 9.17) is 32.7 Å². The topological polar surface area (TPSA) is 61.2 Å². The molecule has 0 bridgehead atoms. The molecule has 0 saturated heterocycles. The van der Waals surface area contributed by atoms with Crippen LogP contribution in [0.15, 0.2) is 79.1 Å². The highest BCUT2D eigenvalue weighted by atomic mass is 35.5. The number of aromatic nitrogens is 3. The number of nitrogens with zero attached hydrogens (tertiary/aromatic N) is 3. The second-order valence-electron chi connectivity index (χ2n) is 7.48. The maximum Gasteiger partial charge on any atom is 0.226 e. The number of halogens is 2. The molecule has 3 aromatic carbocycles. The molecular weight excluding hydrogens is 459 g/mol. The molecule has 1 aliphatic rings. The van der Waals surface area contributed by atoms with Crippen molar-refractivity contribution in [2.75, 3.05) is 12.4 Å². The van der Waals surface area contributed by atoms with Crippen LogP contribution < -0.4 is 14.8 Å². The minimum Gasteiger partial charge on any atom is -0.493 e. The number of hydrogen-bond donors (Lipinski definition) is 1. The Labute approximate surface area is 201 Å². The van der Waals surface area contributed by atoms with E-state index in [2.05, 4.69) is 21.5 Å². The first kappa shape index (κ1) is 21.4. The van der Waals surface area contributed by atoms with Crippen LogP contribution in [-0.2, 0) is 6.61 Å². The van der Waals surface area contributed by atoms with E-state index in [1.54, 1.807) is 7.11 Å². The van der Waals surface area contributed by atoms with Crippen molar-refractivity contribution in [1.82, 2.24) is 14.8 Å². The lowest BCUT2D eigenvalue weighted by atomic mass is 10.0. The van der Waals surface area contributed by atoms with E-state index < -0.39 is 0 Å². The largest absolute Gasteiger partial charge is 0.493 e. The van der Waals surface area contributed by atoms with Gasteiger partial charge in [0.25, 0.3) is 0 Å². The highest BCUT2D eigenvalue weighted by molar-refractivity contribution is 6.31. The summed E-state index contributed by atoms with van der Waals surface area (Å²) in [7, 11) is 1.62. The molecule has 166 valence electrons. The summed E-state index contributed by atoms with van der Waals surface area (Å²) in [4.78, 5) is 4.36. The Balaban J connectivity index is 1.46. The van der Waals surface area contributed by atoms with Crippen LogP contribution in [0.1, 0.15) is 22.7 Å². The molecule has 6 nitrogen and oxygen atoms in total. The molecule has 0 radical (unpaired) electrons. The summed E-state index contributed by atoms with van der Waals surface area (Å²) in [5.41, 5.74) is 3.82. The number of rotatable bonds is 6. The molecule has 0 amide bonds. The first-order chi connectivity index (χ1) is 16.1. The summed E-state index contributed by atoms with van der Waals surface area (Å²) in [6, 6.07) is 21.0. The Morgan fingerprint density at radius 2 is 1.82 bits per heavy atom. The van der Waals surface area contributed by atoms with Gasteiger partial charge in [0.2, 0.25) is 5.95 Å². The van der Waals surface area contributed by atoms with Gasteiger partial charge >= 0.3 is 0 Å². The Kier molecular flexibility index (Phi) is 5.94. The third-order valence-electron chi connectivity index (χ3n) is 5.43. The van der Waals surface area contributed by atoms with Crippen molar-refractivity contribution in [3.05, 3.63) is 106 Å². The molecule has 0 saturated carbocycles. The number of hydrogen-bond acceptors (Lipinski definition) is 5. The predicted octanol–water partition coefficient (Wildman–Crippen LogP) is 6.23. The van der Waals surface area contributed by atoms with Gasteiger partial charge in [0.1, 0.15) is 19.0 Å². The Morgan fingerprint density at radius 3 is 2.61 bits per heavy atom. The van der Waals surface area contributed by atoms with Gasteiger partial charge < -0.3 is 14.8 Å². The quantitative estimate of drug-likeness (QED) is 0.355. The van der Waals surface area contributed by atoms with Gasteiger partial charge in [-0.05, 0) is 47.5 Å². The number of allylic oxidation sites excluding steroid dienone is 1. The molecule has 1 N–H and O–H groups in total. The summed E-state index contributed by atoms with van der Waals surface area (Å²) in [6.07, 6.45) is 3.64. The van der Waals surface area contributed by atoms with Crippen molar-refractivity contribution in [2.24, 2.45) is 0 Å². The summed E-state index contributed by atoms with van der Waals surface area (Å²) in [5, 5.41) is 9.10. The minimum absolute atomic E-state index is 0.180. The third-order valence-corrected chi connectivity index (χ3v) is 6.05. The molecule has 2 heterocycles. The van der Waals surface area contributed by atoms with Crippen molar-refractivity contribution < 1.29 is 9.47 Å².